The number of carbonyl (C=O) groups is 1. The molecule has 0 aliphatic carbocycles. The van der Waals surface area contributed by atoms with E-state index < -0.39 is 10.0 Å². The summed E-state index contributed by atoms with van der Waals surface area (Å²) in [5.41, 5.74) is 2.24. The molecule has 8 heteroatoms. The number of sulfonamides is 1. The number of methoxy groups -OCH3 is 1. The first-order valence-electron chi connectivity index (χ1n) is 8.63. The number of carbonyl (C=O) groups excluding carboxylic acids is 1. The van der Waals surface area contributed by atoms with Crippen LogP contribution in [-0.4, -0.2) is 28.0 Å². The lowest BCUT2D eigenvalue weighted by atomic mass is 10.1. The zero-order chi connectivity index (χ0) is 19.7. The number of ether oxygens (including phenoxy) is 1. The molecule has 1 amide bonds. The smallest absolute Gasteiger partial charge is 0.268 e. The number of anilines is 2. The third-order valence-corrected chi connectivity index (χ3v) is 6.83. The van der Waals surface area contributed by atoms with Gasteiger partial charge in [-0.2, -0.15) is 0 Å². The van der Waals surface area contributed by atoms with Gasteiger partial charge in [-0.15, -0.1) is 11.3 Å². The summed E-state index contributed by atoms with van der Waals surface area (Å²) >= 11 is 1.41. The fourth-order valence-electron chi connectivity index (χ4n) is 3.18. The van der Waals surface area contributed by atoms with E-state index in [1.54, 1.807) is 35.2 Å². The predicted octanol–water partition coefficient (Wildman–Crippen LogP) is 3.76. The van der Waals surface area contributed by atoms with Crippen LogP contribution in [0.5, 0.6) is 5.75 Å². The van der Waals surface area contributed by atoms with Crippen LogP contribution in [0, 0.1) is 0 Å². The van der Waals surface area contributed by atoms with E-state index in [-0.39, 0.29) is 10.8 Å². The van der Waals surface area contributed by atoms with Crippen molar-refractivity contribution >= 4 is 38.6 Å². The number of fused-ring (bicyclic) bond motifs is 1. The molecule has 0 atom stereocenters. The zero-order valence-electron chi connectivity index (χ0n) is 15.1. The third kappa shape index (κ3) is 3.48. The average Bonchev–Trinajstić information content (AvgIpc) is 3.37. The Kier molecular flexibility index (Phi) is 4.82. The maximum absolute atomic E-state index is 12.6. The van der Waals surface area contributed by atoms with Crippen LogP contribution in [0.3, 0.4) is 0 Å². The topological polar surface area (TPSA) is 75.7 Å². The van der Waals surface area contributed by atoms with Crippen molar-refractivity contribution in [2.75, 3.05) is 23.3 Å². The Hall–Kier alpha value is -2.84. The van der Waals surface area contributed by atoms with Gasteiger partial charge >= 0.3 is 0 Å². The first-order chi connectivity index (χ1) is 13.5. The predicted molar refractivity (Wildman–Crippen MR) is 110 cm³/mol. The maximum Gasteiger partial charge on any atom is 0.268 e. The first kappa shape index (κ1) is 18.5. The highest BCUT2D eigenvalue weighted by molar-refractivity contribution is 7.92. The molecule has 1 N–H and O–H groups in total. The van der Waals surface area contributed by atoms with Gasteiger partial charge in [-0.1, -0.05) is 6.07 Å². The average molecular weight is 415 g/mol. The normalized spacial score (nSPS) is 13.2. The summed E-state index contributed by atoms with van der Waals surface area (Å²) in [6.07, 6.45) is 0.685. The molecule has 0 unspecified atom stereocenters. The van der Waals surface area contributed by atoms with Crippen LogP contribution < -0.4 is 14.4 Å². The van der Waals surface area contributed by atoms with E-state index in [0.29, 0.717) is 29.3 Å². The van der Waals surface area contributed by atoms with Crippen LogP contribution >= 0.6 is 11.3 Å². The quantitative estimate of drug-likeness (QED) is 0.690. The monoisotopic (exact) mass is 414 g/mol. The molecule has 0 bridgehead atoms. The molecule has 1 aliphatic rings. The van der Waals surface area contributed by atoms with Crippen molar-refractivity contribution < 1.29 is 17.9 Å². The highest BCUT2D eigenvalue weighted by Gasteiger charge is 2.26. The molecule has 28 heavy (non-hydrogen) atoms. The molecular formula is C20H18N2O4S2. The van der Waals surface area contributed by atoms with Gasteiger partial charge in [-0.3, -0.25) is 9.52 Å². The Bertz CT molecular complexity index is 1110. The van der Waals surface area contributed by atoms with Gasteiger partial charge in [0.15, 0.2) is 0 Å². The maximum atomic E-state index is 12.6. The molecule has 1 aromatic heterocycles. The van der Waals surface area contributed by atoms with E-state index in [4.69, 9.17) is 4.74 Å². The van der Waals surface area contributed by atoms with Gasteiger partial charge in [-0.05, 0) is 65.9 Å². The second-order valence-electron chi connectivity index (χ2n) is 6.31. The zero-order valence-corrected chi connectivity index (χ0v) is 16.7. The number of nitrogens with one attached hydrogen (secondary N) is 1. The minimum absolute atomic E-state index is 0.0275. The van der Waals surface area contributed by atoms with E-state index in [2.05, 4.69) is 4.72 Å². The van der Waals surface area contributed by atoms with Crippen molar-refractivity contribution in [2.45, 2.75) is 11.3 Å². The molecule has 0 fully saturated rings. The number of benzene rings is 2. The molecule has 1 aliphatic heterocycles. The summed E-state index contributed by atoms with van der Waals surface area (Å²) in [5, 5.41) is 1.88. The number of rotatable bonds is 5. The number of amides is 1. The molecule has 0 saturated heterocycles. The van der Waals surface area contributed by atoms with E-state index in [9.17, 15) is 13.2 Å². The number of hydrogen-bond donors (Lipinski definition) is 1. The van der Waals surface area contributed by atoms with Gasteiger partial charge in [0, 0.05) is 17.9 Å². The second kappa shape index (κ2) is 7.29. The molecular weight excluding hydrogens is 396 g/mol. The first-order valence-corrected chi connectivity index (χ1v) is 11.0. The Labute approximate surface area is 167 Å². The molecule has 0 saturated carbocycles. The van der Waals surface area contributed by atoms with Gasteiger partial charge in [0.25, 0.3) is 15.9 Å². The van der Waals surface area contributed by atoms with E-state index in [0.717, 1.165) is 11.3 Å². The lowest BCUT2D eigenvalue weighted by Gasteiger charge is -2.17. The van der Waals surface area contributed by atoms with Gasteiger partial charge in [0.05, 0.1) is 16.9 Å². The Morgan fingerprint density at radius 1 is 1.14 bits per heavy atom. The summed E-state index contributed by atoms with van der Waals surface area (Å²) in [4.78, 5) is 15.2. The van der Waals surface area contributed by atoms with Crippen molar-refractivity contribution in [3.63, 3.8) is 0 Å². The third-order valence-electron chi connectivity index (χ3n) is 4.57. The van der Waals surface area contributed by atoms with Gasteiger partial charge in [-0.25, -0.2) is 8.42 Å². The molecule has 2 heterocycles. The summed E-state index contributed by atoms with van der Waals surface area (Å²) < 4.78 is 32.9. The molecule has 2 aromatic carbocycles. The van der Waals surface area contributed by atoms with Crippen molar-refractivity contribution in [3.05, 3.63) is 70.4 Å². The Balaban J connectivity index is 1.55. The SMILES string of the molecule is COc1ccc(S(=O)(=O)Nc2ccc3c(c2)CCN3C(=O)c2cccs2)cc1. The fraction of sp³-hybridized carbons (Fsp3) is 0.150. The summed E-state index contributed by atoms with van der Waals surface area (Å²) in [6, 6.07) is 15.1. The van der Waals surface area contributed by atoms with Crippen LogP contribution in [0.4, 0.5) is 11.4 Å². The van der Waals surface area contributed by atoms with Gasteiger partial charge in [0.2, 0.25) is 0 Å². The van der Waals surface area contributed by atoms with Crippen LogP contribution in [0.15, 0.2) is 64.9 Å². The second-order valence-corrected chi connectivity index (χ2v) is 8.94. The van der Waals surface area contributed by atoms with E-state index in [1.807, 2.05) is 17.5 Å². The van der Waals surface area contributed by atoms with Gasteiger partial charge < -0.3 is 9.64 Å². The fourth-order valence-corrected chi connectivity index (χ4v) is 4.90. The van der Waals surface area contributed by atoms with Crippen LogP contribution in [0.1, 0.15) is 15.2 Å². The Morgan fingerprint density at radius 2 is 1.93 bits per heavy atom. The van der Waals surface area contributed by atoms with E-state index >= 15 is 0 Å². The lowest BCUT2D eigenvalue weighted by Crippen LogP contribution is -2.28. The highest BCUT2D eigenvalue weighted by atomic mass is 32.2. The molecule has 6 nitrogen and oxygen atoms in total. The number of nitrogens with zero attached hydrogens (tertiary/aromatic N) is 1. The van der Waals surface area contributed by atoms with Crippen molar-refractivity contribution in [1.29, 1.82) is 0 Å². The largest absolute Gasteiger partial charge is 0.497 e. The minimum Gasteiger partial charge on any atom is -0.497 e. The van der Waals surface area contributed by atoms with E-state index in [1.165, 1.54) is 30.6 Å². The van der Waals surface area contributed by atoms with Crippen LogP contribution in [0.2, 0.25) is 0 Å². The summed E-state index contributed by atoms with van der Waals surface area (Å²) in [5.74, 6) is 0.562. The molecule has 3 aromatic rings. The van der Waals surface area contributed by atoms with Crippen LogP contribution in [0.25, 0.3) is 0 Å². The highest BCUT2D eigenvalue weighted by Crippen LogP contribution is 2.33. The summed E-state index contributed by atoms with van der Waals surface area (Å²) in [6.45, 7) is 0.584. The van der Waals surface area contributed by atoms with Crippen molar-refractivity contribution in [3.8, 4) is 5.75 Å². The Morgan fingerprint density at radius 3 is 2.61 bits per heavy atom. The molecule has 0 radical (unpaired) electrons. The molecule has 0 spiro atoms. The summed E-state index contributed by atoms with van der Waals surface area (Å²) in [7, 11) is -2.18. The minimum atomic E-state index is -3.71. The number of thiophene rings is 1. The molecule has 144 valence electrons. The van der Waals surface area contributed by atoms with Crippen molar-refractivity contribution in [1.82, 2.24) is 0 Å². The standard InChI is InChI=1S/C20H18N2O4S2/c1-26-16-5-7-17(8-6-16)28(24,25)21-15-4-9-18-14(13-15)10-11-22(18)20(23)19-3-2-12-27-19/h2-9,12-13,21H,10-11H2,1H3. The van der Waals surface area contributed by atoms with Gasteiger partial charge in [0.1, 0.15) is 5.75 Å². The lowest BCUT2D eigenvalue weighted by molar-refractivity contribution is 0.0993. The number of hydrogen-bond acceptors (Lipinski definition) is 5. The van der Waals surface area contributed by atoms with Crippen LogP contribution in [-0.2, 0) is 16.4 Å². The van der Waals surface area contributed by atoms with Crippen molar-refractivity contribution in [2.24, 2.45) is 0 Å². The molecule has 4 rings (SSSR count).